The Balaban J connectivity index is 2.17. The summed E-state index contributed by atoms with van der Waals surface area (Å²) in [5, 5.41) is 5.91. The SMILES string of the molecule is FC1(F)CNCC12CCNCC2. The molecule has 0 aromatic rings. The van der Waals surface area contributed by atoms with E-state index < -0.39 is 11.3 Å². The molecule has 2 aliphatic heterocycles. The van der Waals surface area contributed by atoms with Gasteiger partial charge in [0, 0.05) is 6.54 Å². The quantitative estimate of drug-likeness (QED) is 0.564. The Morgan fingerprint density at radius 1 is 0.917 bits per heavy atom. The van der Waals surface area contributed by atoms with Crippen LogP contribution in [0.2, 0.25) is 0 Å². The van der Waals surface area contributed by atoms with Gasteiger partial charge in [-0.1, -0.05) is 0 Å². The van der Waals surface area contributed by atoms with Crippen LogP contribution in [0, 0.1) is 5.41 Å². The van der Waals surface area contributed by atoms with E-state index in [-0.39, 0.29) is 6.54 Å². The van der Waals surface area contributed by atoms with Crippen LogP contribution in [0.15, 0.2) is 0 Å². The maximum Gasteiger partial charge on any atom is 0.267 e. The highest BCUT2D eigenvalue weighted by Gasteiger charge is 2.56. The van der Waals surface area contributed by atoms with Crippen molar-refractivity contribution in [3.63, 3.8) is 0 Å². The molecule has 4 heteroatoms. The predicted octanol–water partition coefficient (Wildman–Crippen LogP) is 0.595. The molecule has 1 spiro atoms. The van der Waals surface area contributed by atoms with E-state index in [1.165, 1.54) is 0 Å². The molecule has 2 rings (SSSR count). The maximum absolute atomic E-state index is 13.4. The summed E-state index contributed by atoms with van der Waals surface area (Å²) in [5.74, 6) is -2.49. The largest absolute Gasteiger partial charge is 0.317 e. The van der Waals surface area contributed by atoms with Crippen molar-refractivity contribution in [2.45, 2.75) is 18.8 Å². The van der Waals surface area contributed by atoms with Crippen LogP contribution in [-0.2, 0) is 0 Å². The minimum atomic E-state index is -2.49. The lowest BCUT2D eigenvalue weighted by Crippen LogP contribution is -2.47. The molecule has 70 valence electrons. The van der Waals surface area contributed by atoms with E-state index in [4.69, 9.17) is 0 Å². The molecule has 0 aliphatic carbocycles. The van der Waals surface area contributed by atoms with Gasteiger partial charge in [0.15, 0.2) is 0 Å². The molecular weight excluding hydrogens is 162 g/mol. The van der Waals surface area contributed by atoms with Crippen molar-refractivity contribution in [3.8, 4) is 0 Å². The summed E-state index contributed by atoms with van der Waals surface area (Å²) in [6, 6.07) is 0. The van der Waals surface area contributed by atoms with E-state index in [9.17, 15) is 8.78 Å². The van der Waals surface area contributed by atoms with Gasteiger partial charge in [-0.3, -0.25) is 0 Å². The van der Waals surface area contributed by atoms with Gasteiger partial charge < -0.3 is 10.6 Å². The van der Waals surface area contributed by atoms with Gasteiger partial charge >= 0.3 is 0 Å². The lowest BCUT2D eigenvalue weighted by molar-refractivity contribution is -0.0964. The molecule has 2 aliphatic rings. The number of rotatable bonds is 0. The van der Waals surface area contributed by atoms with Crippen molar-refractivity contribution in [1.82, 2.24) is 10.6 Å². The third-order valence-corrected chi connectivity index (χ3v) is 3.15. The third-order valence-electron chi connectivity index (χ3n) is 3.15. The zero-order chi connectivity index (χ0) is 8.66. The number of hydrogen-bond donors (Lipinski definition) is 2. The first-order valence-corrected chi connectivity index (χ1v) is 4.46. The Hall–Kier alpha value is -0.220. The number of hydrogen-bond acceptors (Lipinski definition) is 2. The molecule has 0 saturated carbocycles. The van der Waals surface area contributed by atoms with E-state index in [2.05, 4.69) is 10.6 Å². The van der Waals surface area contributed by atoms with Crippen LogP contribution in [0.1, 0.15) is 12.8 Å². The zero-order valence-corrected chi connectivity index (χ0v) is 7.00. The molecule has 12 heavy (non-hydrogen) atoms. The normalized spacial score (nSPS) is 32.5. The number of halogens is 2. The molecule has 0 aromatic heterocycles. The van der Waals surface area contributed by atoms with E-state index >= 15 is 0 Å². The van der Waals surface area contributed by atoms with Crippen LogP contribution >= 0.6 is 0 Å². The van der Waals surface area contributed by atoms with Crippen LogP contribution in [0.5, 0.6) is 0 Å². The van der Waals surface area contributed by atoms with Gasteiger partial charge in [0.05, 0.1) is 12.0 Å². The third kappa shape index (κ3) is 1.05. The van der Waals surface area contributed by atoms with E-state index in [0.717, 1.165) is 13.1 Å². The molecule has 2 fully saturated rings. The molecule has 0 atom stereocenters. The van der Waals surface area contributed by atoms with Crippen molar-refractivity contribution < 1.29 is 8.78 Å². The van der Waals surface area contributed by atoms with E-state index in [1.54, 1.807) is 0 Å². The topological polar surface area (TPSA) is 24.1 Å². The number of alkyl halides is 2. The fourth-order valence-corrected chi connectivity index (χ4v) is 2.22. The van der Waals surface area contributed by atoms with Crippen molar-refractivity contribution in [2.24, 2.45) is 5.41 Å². The van der Waals surface area contributed by atoms with Gasteiger partial charge in [-0.05, 0) is 25.9 Å². The molecule has 2 nitrogen and oxygen atoms in total. The van der Waals surface area contributed by atoms with Crippen LogP contribution < -0.4 is 10.6 Å². The lowest BCUT2D eigenvalue weighted by atomic mass is 9.76. The van der Waals surface area contributed by atoms with Crippen molar-refractivity contribution in [3.05, 3.63) is 0 Å². The van der Waals surface area contributed by atoms with E-state index in [1.807, 2.05) is 0 Å². The monoisotopic (exact) mass is 176 g/mol. The fraction of sp³-hybridized carbons (Fsp3) is 1.00. The molecule has 2 heterocycles. The minimum absolute atomic E-state index is 0.132. The Kier molecular flexibility index (Phi) is 1.84. The Morgan fingerprint density at radius 2 is 1.58 bits per heavy atom. The minimum Gasteiger partial charge on any atom is -0.317 e. The summed E-state index contributed by atoms with van der Waals surface area (Å²) in [6.45, 7) is 1.82. The lowest BCUT2D eigenvalue weighted by Gasteiger charge is -2.37. The first kappa shape index (κ1) is 8.38. The van der Waals surface area contributed by atoms with Gasteiger partial charge in [-0.2, -0.15) is 0 Å². The van der Waals surface area contributed by atoms with Crippen LogP contribution in [0.4, 0.5) is 8.78 Å². The zero-order valence-electron chi connectivity index (χ0n) is 7.00. The molecule has 0 aromatic carbocycles. The summed E-state index contributed by atoms with van der Waals surface area (Å²) < 4.78 is 26.8. The summed E-state index contributed by atoms with van der Waals surface area (Å²) in [6.07, 6.45) is 1.21. The molecule has 0 amide bonds. The van der Waals surface area contributed by atoms with Crippen molar-refractivity contribution >= 4 is 0 Å². The summed E-state index contributed by atoms with van der Waals surface area (Å²) in [5.41, 5.74) is -0.738. The average Bonchev–Trinajstić information content (AvgIpc) is 2.30. The van der Waals surface area contributed by atoms with Gasteiger partial charge in [-0.25, -0.2) is 8.78 Å². The first-order valence-electron chi connectivity index (χ1n) is 4.46. The second kappa shape index (κ2) is 2.64. The maximum atomic E-state index is 13.4. The smallest absolute Gasteiger partial charge is 0.267 e. The number of piperidine rings is 1. The van der Waals surface area contributed by atoms with Gasteiger partial charge in [-0.15, -0.1) is 0 Å². The highest BCUT2D eigenvalue weighted by atomic mass is 19.3. The van der Waals surface area contributed by atoms with E-state index in [0.29, 0.717) is 19.4 Å². The summed E-state index contributed by atoms with van der Waals surface area (Å²) >= 11 is 0. The average molecular weight is 176 g/mol. The Morgan fingerprint density at radius 3 is 2.08 bits per heavy atom. The van der Waals surface area contributed by atoms with Gasteiger partial charge in [0.25, 0.3) is 5.92 Å². The second-order valence-corrected chi connectivity index (χ2v) is 3.84. The Labute approximate surface area is 70.7 Å². The molecular formula is C8H14F2N2. The Bertz CT molecular complexity index is 176. The predicted molar refractivity (Wildman–Crippen MR) is 42.4 cm³/mol. The highest BCUT2D eigenvalue weighted by molar-refractivity contribution is 5.02. The van der Waals surface area contributed by atoms with Crippen molar-refractivity contribution in [1.29, 1.82) is 0 Å². The highest BCUT2D eigenvalue weighted by Crippen LogP contribution is 2.46. The molecule has 0 unspecified atom stereocenters. The molecule has 0 radical (unpaired) electrons. The summed E-state index contributed by atoms with van der Waals surface area (Å²) in [7, 11) is 0. The standard InChI is InChI=1S/C8H14F2N2/c9-8(10)6-12-5-7(8)1-3-11-4-2-7/h11-12H,1-6H2. The summed E-state index contributed by atoms with van der Waals surface area (Å²) in [4.78, 5) is 0. The first-order chi connectivity index (χ1) is 5.66. The number of nitrogens with one attached hydrogen (secondary N) is 2. The van der Waals surface area contributed by atoms with Gasteiger partial charge in [0.1, 0.15) is 0 Å². The van der Waals surface area contributed by atoms with Gasteiger partial charge in [0.2, 0.25) is 0 Å². The second-order valence-electron chi connectivity index (χ2n) is 3.84. The van der Waals surface area contributed by atoms with Crippen LogP contribution in [-0.4, -0.2) is 32.1 Å². The molecule has 2 N–H and O–H groups in total. The fourth-order valence-electron chi connectivity index (χ4n) is 2.22. The van der Waals surface area contributed by atoms with Crippen LogP contribution in [0.3, 0.4) is 0 Å². The molecule has 0 bridgehead atoms. The van der Waals surface area contributed by atoms with Crippen LogP contribution in [0.25, 0.3) is 0 Å². The van der Waals surface area contributed by atoms with Crippen molar-refractivity contribution in [2.75, 3.05) is 26.2 Å². The molecule has 2 saturated heterocycles.